The monoisotopic (exact) mass is 325 g/mol. The van der Waals surface area contributed by atoms with Crippen molar-refractivity contribution in [3.63, 3.8) is 0 Å². The highest BCUT2D eigenvalue weighted by Gasteiger charge is 2.25. The van der Waals surface area contributed by atoms with Gasteiger partial charge >= 0.3 is 0 Å². The maximum Gasteiger partial charge on any atom is 0.257 e. The van der Waals surface area contributed by atoms with Crippen molar-refractivity contribution in [3.8, 4) is 0 Å². The molecular weight excluding hydrogens is 302 g/mol. The van der Waals surface area contributed by atoms with Crippen LogP contribution in [-0.4, -0.2) is 56.8 Å². The van der Waals surface area contributed by atoms with Gasteiger partial charge in [-0.2, -0.15) is 0 Å². The van der Waals surface area contributed by atoms with Gasteiger partial charge in [0.15, 0.2) is 0 Å². The van der Waals surface area contributed by atoms with E-state index in [0.29, 0.717) is 5.56 Å². The fraction of sp³-hybridized carbons (Fsp3) is 0.444. The summed E-state index contributed by atoms with van der Waals surface area (Å²) in [5.74, 6) is 0.253. The number of pyridine rings is 1. The van der Waals surface area contributed by atoms with E-state index in [0.717, 1.165) is 38.4 Å². The Balaban J connectivity index is 1.61. The minimum Gasteiger partial charge on any atom is -0.336 e. The molecule has 0 atom stereocenters. The molecule has 2 aromatic heterocycles. The molecule has 126 valence electrons. The number of carbonyl (C=O) groups is 1. The van der Waals surface area contributed by atoms with Gasteiger partial charge < -0.3 is 4.90 Å². The average molecular weight is 325 g/mol. The lowest BCUT2D eigenvalue weighted by Crippen LogP contribution is -2.48. The maximum atomic E-state index is 12.8. The third kappa shape index (κ3) is 3.76. The summed E-state index contributed by atoms with van der Waals surface area (Å²) in [6.45, 7) is 8.21. The minimum atomic E-state index is 0.0443. The predicted molar refractivity (Wildman–Crippen MR) is 91.5 cm³/mol. The van der Waals surface area contributed by atoms with Crippen LogP contribution in [-0.2, 0) is 6.54 Å². The average Bonchev–Trinajstić information content (AvgIpc) is 2.62. The fourth-order valence-electron chi connectivity index (χ4n) is 2.99. The van der Waals surface area contributed by atoms with Gasteiger partial charge in [0.2, 0.25) is 0 Å². The molecule has 2 aromatic rings. The van der Waals surface area contributed by atoms with Crippen molar-refractivity contribution in [1.82, 2.24) is 24.8 Å². The first-order chi connectivity index (χ1) is 11.6. The highest BCUT2D eigenvalue weighted by atomic mass is 16.2. The number of rotatable bonds is 4. The SMILES string of the molecule is CC(C)c1ncncc1C(=O)N1CCN(Cc2ccncc2)CC1. The van der Waals surface area contributed by atoms with Gasteiger partial charge in [-0.15, -0.1) is 0 Å². The summed E-state index contributed by atoms with van der Waals surface area (Å²) in [5, 5.41) is 0. The Morgan fingerprint density at radius 3 is 2.50 bits per heavy atom. The van der Waals surface area contributed by atoms with E-state index in [1.54, 1.807) is 6.20 Å². The summed E-state index contributed by atoms with van der Waals surface area (Å²) in [5.41, 5.74) is 2.72. The van der Waals surface area contributed by atoms with Gasteiger partial charge in [-0.1, -0.05) is 13.8 Å². The molecule has 1 aliphatic rings. The summed E-state index contributed by atoms with van der Waals surface area (Å²) in [6.07, 6.45) is 6.79. The van der Waals surface area contributed by atoms with Crippen molar-refractivity contribution in [2.75, 3.05) is 26.2 Å². The quantitative estimate of drug-likeness (QED) is 0.860. The van der Waals surface area contributed by atoms with Crippen molar-refractivity contribution < 1.29 is 4.79 Å². The second-order valence-electron chi connectivity index (χ2n) is 6.40. The molecule has 6 nitrogen and oxygen atoms in total. The number of carbonyl (C=O) groups excluding carboxylic acids is 1. The van der Waals surface area contributed by atoms with Crippen molar-refractivity contribution in [2.45, 2.75) is 26.3 Å². The van der Waals surface area contributed by atoms with E-state index in [9.17, 15) is 4.79 Å². The Morgan fingerprint density at radius 2 is 1.83 bits per heavy atom. The van der Waals surface area contributed by atoms with Crippen molar-refractivity contribution in [2.24, 2.45) is 0 Å². The summed E-state index contributed by atoms with van der Waals surface area (Å²) >= 11 is 0. The van der Waals surface area contributed by atoms with Gasteiger partial charge in [-0.25, -0.2) is 9.97 Å². The molecule has 0 bridgehead atoms. The molecule has 3 rings (SSSR count). The van der Waals surface area contributed by atoms with E-state index in [4.69, 9.17) is 0 Å². The summed E-state index contributed by atoms with van der Waals surface area (Å²) in [6, 6.07) is 4.07. The van der Waals surface area contributed by atoms with Crippen LogP contribution in [0.15, 0.2) is 37.1 Å². The highest BCUT2D eigenvalue weighted by Crippen LogP contribution is 2.18. The van der Waals surface area contributed by atoms with Crippen molar-refractivity contribution in [3.05, 3.63) is 53.9 Å². The summed E-state index contributed by atoms with van der Waals surface area (Å²) in [7, 11) is 0. The zero-order valence-electron chi connectivity index (χ0n) is 14.2. The lowest BCUT2D eigenvalue weighted by atomic mass is 10.0. The second-order valence-corrected chi connectivity index (χ2v) is 6.40. The highest BCUT2D eigenvalue weighted by molar-refractivity contribution is 5.95. The van der Waals surface area contributed by atoms with E-state index < -0.39 is 0 Å². The number of piperazine rings is 1. The molecule has 0 spiro atoms. The van der Waals surface area contributed by atoms with E-state index >= 15 is 0 Å². The topological polar surface area (TPSA) is 62.2 Å². The van der Waals surface area contributed by atoms with Crippen LogP contribution in [0.3, 0.4) is 0 Å². The van der Waals surface area contributed by atoms with Crippen LogP contribution in [0.4, 0.5) is 0 Å². The molecule has 0 saturated carbocycles. The zero-order valence-corrected chi connectivity index (χ0v) is 14.2. The molecule has 0 aliphatic carbocycles. The first-order valence-electron chi connectivity index (χ1n) is 8.35. The van der Waals surface area contributed by atoms with Gasteiger partial charge in [0.25, 0.3) is 5.91 Å². The smallest absolute Gasteiger partial charge is 0.257 e. The molecule has 1 amide bonds. The van der Waals surface area contributed by atoms with E-state index in [1.165, 1.54) is 11.9 Å². The number of hydrogen-bond donors (Lipinski definition) is 0. The molecule has 24 heavy (non-hydrogen) atoms. The zero-order chi connectivity index (χ0) is 16.9. The molecule has 0 N–H and O–H groups in total. The number of hydrogen-bond acceptors (Lipinski definition) is 5. The van der Waals surface area contributed by atoms with Gasteiger partial charge in [0.05, 0.1) is 11.3 Å². The van der Waals surface area contributed by atoms with Gasteiger partial charge in [-0.3, -0.25) is 14.7 Å². The third-order valence-electron chi connectivity index (χ3n) is 4.34. The Morgan fingerprint density at radius 1 is 1.12 bits per heavy atom. The largest absolute Gasteiger partial charge is 0.336 e. The Labute approximate surface area is 142 Å². The van der Waals surface area contributed by atoms with Crippen LogP contribution in [0.2, 0.25) is 0 Å². The van der Waals surface area contributed by atoms with Gasteiger partial charge in [0, 0.05) is 51.3 Å². The van der Waals surface area contributed by atoms with Crippen LogP contribution in [0.5, 0.6) is 0 Å². The molecule has 0 aromatic carbocycles. The van der Waals surface area contributed by atoms with Gasteiger partial charge in [-0.05, 0) is 23.6 Å². The Hall–Kier alpha value is -2.34. The fourth-order valence-corrected chi connectivity index (χ4v) is 2.99. The first kappa shape index (κ1) is 16.5. The molecule has 6 heteroatoms. The molecule has 0 unspecified atom stereocenters. The van der Waals surface area contributed by atoms with E-state index in [-0.39, 0.29) is 11.8 Å². The van der Waals surface area contributed by atoms with Gasteiger partial charge in [0.1, 0.15) is 6.33 Å². The summed E-state index contributed by atoms with van der Waals surface area (Å²) < 4.78 is 0. The number of amides is 1. The number of aromatic nitrogens is 3. The molecule has 1 saturated heterocycles. The van der Waals surface area contributed by atoms with Crippen LogP contribution in [0.25, 0.3) is 0 Å². The van der Waals surface area contributed by atoms with Crippen LogP contribution in [0.1, 0.15) is 41.4 Å². The van der Waals surface area contributed by atoms with Crippen molar-refractivity contribution >= 4 is 5.91 Å². The minimum absolute atomic E-state index is 0.0443. The van der Waals surface area contributed by atoms with Crippen LogP contribution < -0.4 is 0 Å². The van der Waals surface area contributed by atoms with E-state index in [2.05, 4.69) is 19.9 Å². The van der Waals surface area contributed by atoms with Crippen molar-refractivity contribution in [1.29, 1.82) is 0 Å². The second kappa shape index (κ2) is 7.49. The maximum absolute atomic E-state index is 12.8. The normalized spacial score (nSPS) is 15.7. The van der Waals surface area contributed by atoms with Crippen LogP contribution >= 0.6 is 0 Å². The number of nitrogens with zero attached hydrogens (tertiary/aromatic N) is 5. The molecular formula is C18H23N5O. The standard InChI is InChI=1S/C18H23N5O/c1-14(2)17-16(11-20-13-21-17)18(24)23-9-7-22(8-10-23)12-15-3-5-19-6-4-15/h3-6,11,13-14H,7-10,12H2,1-2H3. The molecule has 1 fully saturated rings. The summed E-state index contributed by atoms with van der Waals surface area (Å²) in [4.78, 5) is 29.5. The first-order valence-corrected chi connectivity index (χ1v) is 8.35. The Bertz CT molecular complexity index is 681. The lowest BCUT2D eigenvalue weighted by Gasteiger charge is -2.35. The lowest BCUT2D eigenvalue weighted by molar-refractivity contribution is 0.0626. The van der Waals surface area contributed by atoms with E-state index in [1.807, 2.05) is 43.3 Å². The predicted octanol–water partition coefficient (Wildman–Crippen LogP) is 1.95. The molecule has 0 radical (unpaired) electrons. The molecule has 1 aliphatic heterocycles. The Kier molecular flexibility index (Phi) is 5.15. The van der Waals surface area contributed by atoms with Crippen LogP contribution in [0, 0.1) is 0 Å². The molecule has 3 heterocycles. The third-order valence-corrected chi connectivity index (χ3v) is 4.34.